The summed E-state index contributed by atoms with van der Waals surface area (Å²) >= 11 is 5.68. The van der Waals surface area contributed by atoms with E-state index < -0.39 is 0 Å². The third-order valence-corrected chi connectivity index (χ3v) is 3.69. The summed E-state index contributed by atoms with van der Waals surface area (Å²) in [6.45, 7) is 1.85. The van der Waals surface area contributed by atoms with E-state index in [0.29, 0.717) is 12.0 Å². The summed E-state index contributed by atoms with van der Waals surface area (Å²) in [5.74, 6) is 0.902. The minimum atomic E-state index is -0.340. The zero-order valence-electron chi connectivity index (χ0n) is 9.92. The molecule has 5 heteroatoms. The molecule has 0 amide bonds. The number of guanidine groups is 1. The van der Waals surface area contributed by atoms with Crippen molar-refractivity contribution >= 4 is 17.6 Å². The number of halogens is 2. The fraction of sp³-hybridized carbons (Fsp3) is 0.462. The maximum Gasteiger partial charge on any atom is 0.191 e. The largest absolute Gasteiger partial charge is 0.356 e. The molecule has 2 atom stereocenters. The van der Waals surface area contributed by atoms with E-state index in [1.165, 1.54) is 6.07 Å². The highest BCUT2D eigenvalue weighted by atomic mass is 35.5. The lowest BCUT2D eigenvalue weighted by Gasteiger charge is -2.16. The molecule has 96 valence electrons. The van der Waals surface area contributed by atoms with E-state index in [2.05, 4.69) is 15.6 Å². The van der Waals surface area contributed by atoms with E-state index in [1.54, 1.807) is 6.07 Å². The van der Waals surface area contributed by atoms with Gasteiger partial charge in [-0.25, -0.2) is 4.39 Å². The minimum absolute atomic E-state index is 0.183. The Morgan fingerprint density at radius 2 is 2.33 bits per heavy atom. The molecule has 0 aromatic heterocycles. The van der Waals surface area contributed by atoms with Crippen molar-refractivity contribution in [3.63, 3.8) is 0 Å². The van der Waals surface area contributed by atoms with Gasteiger partial charge < -0.3 is 10.6 Å². The first-order chi connectivity index (χ1) is 8.74. The zero-order chi connectivity index (χ0) is 12.5. The predicted molar refractivity (Wildman–Crippen MR) is 70.6 cm³/mol. The SMILES string of the molecule is Fc1cc([C@@H]2C[C@H]2NC2=NCCCN2)ccc1Cl. The maximum atomic E-state index is 13.4. The first-order valence-electron chi connectivity index (χ1n) is 6.24. The van der Waals surface area contributed by atoms with Crippen molar-refractivity contribution in [2.24, 2.45) is 4.99 Å². The Kier molecular flexibility index (Phi) is 3.12. The fourth-order valence-corrected chi connectivity index (χ4v) is 2.39. The Morgan fingerprint density at radius 1 is 1.44 bits per heavy atom. The van der Waals surface area contributed by atoms with Gasteiger partial charge in [-0.3, -0.25) is 4.99 Å². The monoisotopic (exact) mass is 267 g/mol. The molecule has 18 heavy (non-hydrogen) atoms. The van der Waals surface area contributed by atoms with E-state index in [-0.39, 0.29) is 10.8 Å². The predicted octanol–water partition coefficient (Wildman–Crippen LogP) is 2.27. The second kappa shape index (κ2) is 4.76. The van der Waals surface area contributed by atoms with Crippen LogP contribution < -0.4 is 10.6 Å². The average molecular weight is 268 g/mol. The van der Waals surface area contributed by atoms with Crippen molar-refractivity contribution in [1.29, 1.82) is 0 Å². The van der Waals surface area contributed by atoms with Crippen LogP contribution in [0, 0.1) is 5.82 Å². The van der Waals surface area contributed by atoms with Gasteiger partial charge in [-0.05, 0) is 30.5 Å². The quantitative estimate of drug-likeness (QED) is 0.863. The number of hydrogen-bond acceptors (Lipinski definition) is 3. The molecule has 1 aliphatic heterocycles. The van der Waals surface area contributed by atoms with E-state index in [4.69, 9.17) is 11.6 Å². The van der Waals surface area contributed by atoms with Crippen molar-refractivity contribution < 1.29 is 4.39 Å². The van der Waals surface area contributed by atoms with Gasteiger partial charge in [0.1, 0.15) is 5.82 Å². The molecular weight excluding hydrogens is 253 g/mol. The summed E-state index contributed by atoms with van der Waals surface area (Å²) in [7, 11) is 0. The molecule has 2 aliphatic rings. The van der Waals surface area contributed by atoms with Crippen LogP contribution in [-0.4, -0.2) is 25.1 Å². The van der Waals surface area contributed by atoms with E-state index in [9.17, 15) is 4.39 Å². The van der Waals surface area contributed by atoms with Gasteiger partial charge in [0.25, 0.3) is 0 Å². The topological polar surface area (TPSA) is 36.4 Å². The van der Waals surface area contributed by atoms with Crippen LogP contribution in [-0.2, 0) is 0 Å². The van der Waals surface area contributed by atoms with Crippen molar-refractivity contribution in [3.8, 4) is 0 Å². The summed E-state index contributed by atoms with van der Waals surface area (Å²) in [5.41, 5.74) is 1.01. The molecule has 0 unspecified atom stereocenters. The molecule has 3 nitrogen and oxygen atoms in total. The van der Waals surface area contributed by atoms with Crippen LogP contribution in [0.25, 0.3) is 0 Å². The molecule has 1 saturated carbocycles. The molecule has 0 saturated heterocycles. The lowest BCUT2D eigenvalue weighted by atomic mass is 10.1. The second-order valence-electron chi connectivity index (χ2n) is 4.78. The van der Waals surface area contributed by atoms with E-state index in [0.717, 1.165) is 37.5 Å². The van der Waals surface area contributed by atoms with Gasteiger partial charge in [0.15, 0.2) is 5.96 Å². The molecule has 3 rings (SSSR count). The van der Waals surface area contributed by atoms with Crippen LogP contribution in [0.15, 0.2) is 23.2 Å². The van der Waals surface area contributed by atoms with Crippen molar-refractivity contribution in [1.82, 2.24) is 10.6 Å². The third-order valence-electron chi connectivity index (χ3n) is 3.38. The average Bonchev–Trinajstić information content (AvgIpc) is 3.13. The summed E-state index contributed by atoms with van der Waals surface area (Å²) in [6, 6.07) is 5.41. The number of aliphatic imine (C=N–C) groups is 1. The highest BCUT2D eigenvalue weighted by Crippen LogP contribution is 2.41. The number of nitrogens with zero attached hydrogens (tertiary/aromatic N) is 1. The molecule has 1 aliphatic carbocycles. The third kappa shape index (κ3) is 2.43. The molecule has 0 radical (unpaired) electrons. The van der Waals surface area contributed by atoms with Gasteiger partial charge in [0.05, 0.1) is 5.02 Å². The highest BCUT2D eigenvalue weighted by Gasteiger charge is 2.39. The lowest BCUT2D eigenvalue weighted by Crippen LogP contribution is -2.42. The highest BCUT2D eigenvalue weighted by molar-refractivity contribution is 6.30. The molecule has 1 aromatic carbocycles. The smallest absolute Gasteiger partial charge is 0.191 e. The molecular formula is C13H15ClFN3. The summed E-state index contributed by atoms with van der Waals surface area (Å²) in [5, 5.41) is 6.77. The van der Waals surface area contributed by atoms with Gasteiger partial charge >= 0.3 is 0 Å². The van der Waals surface area contributed by atoms with Crippen LogP contribution in [0.1, 0.15) is 24.3 Å². The zero-order valence-corrected chi connectivity index (χ0v) is 10.7. The number of benzene rings is 1. The molecule has 2 N–H and O–H groups in total. The first-order valence-corrected chi connectivity index (χ1v) is 6.61. The maximum absolute atomic E-state index is 13.4. The number of rotatable bonds is 2. The Morgan fingerprint density at radius 3 is 3.06 bits per heavy atom. The number of hydrogen-bond donors (Lipinski definition) is 2. The van der Waals surface area contributed by atoms with Gasteiger partial charge in [0.2, 0.25) is 0 Å². The van der Waals surface area contributed by atoms with Crippen LogP contribution in [0.2, 0.25) is 5.02 Å². The van der Waals surface area contributed by atoms with Crippen LogP contribution in [0.5, 0.6) is 0 Å². The van der Waals surface area contributed by atoms with Crippen molar-refractivity contribution in [2.45, 2.75) is 24.8 Å². The Balaban J connectivity index is 1.63. The molecule has 1 aromatic rings. The fourth-order valence-electron chi connectivity index (χ4n) is 2.27. The van der Waals surface area contributed by atoms with E-state index in [1.807, 2.05) is 6.07 Å². The Bertz CT molecular complexity index is 489. The molecule has 0 bridgehead atoms. The normalized spacial score (nSPS) is 26.2. The summed E-state index contributed by atoms with van der Waals surface area (Å²) in [4.78, 5) is 4.37. The van der Waals surface area contributed by atoms with Crippen LogP contribution in [0.4, 0.5) is 4.39 Å². The van der Waals surface area contributed by atoms with Gasteiger partial charge in [-0.2, -0.15) is 0 Å². The first kappa shape index (κ1) is 11.8. The van der Waals surface area contributed by atoms with Gasteiger partial charge in [0, 0.05) is 25.0 Å². The van der Waals surface area contributed by atoms with Crippen LogP contribution in [0.3, 0.4) is 0 Å². The second-order valence-corrected chi connectivity index (χ2v) is 5.18. The summed E-state index contributed by atoms with van der Waals surface area (Å²) < 4.78 is 13.4. The van der Waals surface area contributed by atoms with Gasteiger partial charge in [-0.1, -0.05) is 17.7 Å². The molecule has 1 heterocycles. The number of nitrogens with one attached hydrogen (secondary N) is 2. The van der Waals surface area contributed by atoms with E-state index >= 15 is 0 Å². The lowest BCUT2D eigenvalue weighted by molar-refractivity contribution is 0.625. The summed E-state index contributed by atoms with van der Waals surface area (Å²) in [6.07, 6.45) is 2.10. The molecule has 1 fully saturated rings. The standard InChI is InChI=1S/C13H15ClFN3/c14-10-3-2-8(6-11(10)15)9-7-12(9)18-13-16-4-1-5-17-13/h2-3,6,9,12H,1,4-5,7H2,(H2,16,17,18)/t9-,12+/m0/s1. The molecule has 0 spiro atoms. The van der Waals surface area contributed by atoms with Crippen molar-refractivity contribution in [3.05, 3.63) is 34.6 Å². The van der Waals surface area contributed by atoms with Crippen LogP contribution >= 0.6 is 11.6 Å². The Labute approximate surface area is 110 Å². The Hall–Kier alpha value is -1.29. The van der Waals surface area contributed by atoms with Crippen molar-refractivity contribution in [2.75, 3.05) is 13.1 Å². The van der Waals surface area contributed by atoms with Gasteiger partial charge in [-0.15, -0.1) is 0 Å². The minimum Gasteiger partial charge on any atom is -0.356 e.